The molecule has 132 valence electrons. The van der Waals surface area contributed by atoms with E-state index in [-0.39, 0.29) is 5.91 Å². The van der Waals surface area contributed by atoms with E-state index in [0.717, 1.165) is 5.69 Å². The fourth-order valence-electron chi connectivity index (χ4n) is 2.73. The zero-order valence-corrected chi connectivity index (χ0v) is 14.8. The van der Waals surface area contributed by atoms with Crippen molar-refractivity contribution >= 4 is 11.9 Å². The predicted molar refractivity (Wildman–Crippen MR) is 92.8 cm³/mol. The maximum absolute atomic E-state index is 12.6. The Hall–Kier alpha value is -2.77. The number of nitrogens with zero attached hydrogens (tertiary/aromatic N) is 6. The average molecular weight is 342 g/mol. The van der Waals surface area contributed by atoms with Crippen molar-refractivity contribution in [1.29, 1.82) is 0 Å². The Bertz CT molecular complexity index is 759. The summed E-state index contributed by atoms with van der Waals surface area (Å²) in [6.45, 7) is 8.74. The highest BCUT2D eigenvalue weighted by Gasteiger charge is 2.24. The van der Waals surface area contributed by atoms with E-state index in [0.29, 0.717) is 56.1 Å². The lowest BCUT2D eigenvalue weighted by Crippen LogP contribution is -2.49. The Kier molecular flexibility index (Phi) is 5.06. The molecule has 0 radical (unpaired) electrons. The summed E-state index contributed by atoms with van der Waals surface area (Å²) >= 11 is 0. The molecule has 0 atom stereocenters. The first-order chi connectivity index (χ1) is 12.1. The topological polar surface area (TPSA) is 84.3 Å². The van der Waals surface area contributed by atoms with Gasteiger partial charge in [0.25, 0.3) is 5.91 Å². The van der Waals surface area contributed by atoms with Crippen molar-refractivity contribution in [2.75, 3.05) is 37.7 Å². The molecular formula is C17H22N6O2. The van der Waals surface area contributed by atoms with E-state index in [1.165, 1.54) is 0 Å². The second-order valence-corrected chi connectivity index (χ2v) is 5.85. The Morgan fingerprint density at radius 2 is 1.92 bits per heavy atom. The molecule has 1 saturated heterocycles. The number of ether oxygens (including phenoxy) is 1. The van der Waals surface area contributed by atoms with Crippen LogP contribution in [0.4, 0.5) is 5.95 Å². The summed E-state index contributed by atoms with van der Waals surface area (Å²) in [5, 5.41) is 0. The van der Waals surface area contributed by atoms with Crippen LogP contribution < -0.4 is 9.64 Å². The molecule has 0 spiro atoms. The minimum absolute atomic E-state index is 0.0645. The van der Waals surface area contributed by atoms with Gasteiger partial charge in [-0.05, 0) is 26.8 Å². The fraction of sp³-hybridized carbons (Fsp3) is 0.471. The zero-order valence-electron chi connectivity index (χ0n) is 14.8. The molecule has 1 fully saturated rings. The molecule has 3 rings (SSSR count). The van der Waals surface area contributed by atoms with Gasteiger partial charge in [-0.3, -0.25) is 4.79 Å². The van der Waals surface area contributed by atoms with Crippen LogP contribution in [-0.4, -0.2) is 63.5 Å². The number of hydrogen-bond acceptors (Lipinski definition) is 7. The van der Waals surface area contributed by atoms with E-state index < -0.39 is 0 Å². The lowest BCUT2D eigenvalue weighted by Gasteiger charge is -2.34. The van der Waals surface area contributed by atoms with Crippen molar-refractivity contribution in [3.8, 4) is 5.88 Å². The van der Waals surface area contributed by atoms with Crippen molar-refractivity contribution in [3.63, 3.8) is 0 Å². The highest BCUT2D eigenvalue weighted by Crippen LogP contribution is 2.17. The number of aromatic nitrogens is 4. The summed E-state index contributed by atoms with van der Waals surface area (Å²) in [6, 6.07) is 3.48. The van der Waals surface area contributed by atoms with Crippen molar-refractivity contribution in [2.24, 2.45) is 0 Å². The average Bonchev–Trinajstić information content (AvgIpc) is 2.61. The number of carbonyl (C=O) groups excluding carboxylic acids is 1. The fourth-order valence-corrected chi connectivity index (χ4v) is 2.73. The number of anilines is 1. The number of rotatable bonds is 4. The summed E-state index contributed by atoms with van der Waals surface area (Å²) in [5.74, 6) is 1.76. The first-order valence-electron chi connectivity index (χ1n) is 8.39. The predicted octanol–water partition coefficient (Wildman–Crippen LogP) is 1.24. The van der Waals surface area contributed by atoms with Crippen LogP contribution in [0.2, 0.25) is 0 Å². The largest absolute Gasteiger partial charge is 0.478 e. The Labute approximate surface area is 146 Å². The number of hydrogen-bond donors (Lipinski definition) is 0. The molecule has 3 heterocycles. The molecule has 0 aromatic carbocycles. The van der Waals surface area contributed by atoms with Gasteiger partial charge in [-0.25, -0.2) is 15.0 Å². The van der Waals surface area contributed by atoms with E-state index >= 15 is 0 Å². The van der Waals surface area contributed by atoms with Crippen LogP contribution in [0.1, 0.15) is 28.9 Å². The normalized spacial score (nSPS) is 14.5. The third-order valence-corrected chi connectivity index (χ3v) is 3.96. The number of piperazine rings is 1. The monoisotopic (exact) mass is 342 g/mol. The number of aryl methyl sites for hydroxylation is 2. The Morgan fingerprint density at radius 3 is 2.60 bits per heavy atom. The van der Waals surface area contributed by atoms with E-state index in [2.05, 4.69) is 24.8 Å². The van der Waals surface area contributed by atoms with E-state index in [1.54, 1.807) is 24.1 Å². The lowest BCUT2D eigenvalue weighted by molar-refractivity contribution is 0.0739. The van der Waals surface area contributed by atoms with Gasteiger partial charge in [-0.1, -0.05) is 0 Å². The minimum Gasteiger partial charge on any atom is -0.478 e. The van der Waals surface area contributed by atoms with Gasteiger partial charge >= 0.3 is 0 Å². The van der Waals surface area contributed by atoms with Crippen LogP contribution in [0.15, 0.2) is 18.3 Å². The molecule has 0 N–H and O–H groups in total. The SMILES string of the molecule is CCOc1cc(C)nc(N2CCN(C(=O)c3ccnc(C)n3)CC2)n1. The quantitative estimate of drug-likeness (QED) is 0.826. The van der Waals surface area contributed by atoms with Gasteiger partial charge in [-0.15, -0.1) is 0 Å². The van der Waals surface area contributed by atoms with Crippen molar-refractivity contribution in [1.82, 2.24) is 24.8 Å². The summed E-state index contributed by atoms with van der Waals surface area (Å²) in [6.07, 6.45) is 1.61. The highest BCUT2D eigenvalue weighted by atomic mass is 16.5. The highest BCUT2D eigenvalue weighted by molar-refractivity contribution is 5.92. The maximum Gasteiger partial charge on any atom is 0.272 e. The third-order valence-electron chi connectivity index (χ3n) is 3.96. The molecule has 2 aromatic rings. The van der Waals surface area contributed by atoms with Crippen LogP contribution in [0, 0.1) is 13.8 Å². The van der Waals surface area contributed by atoms with Crippen molar-refractivity contribution in [2.45, 2.75) is 20.8 Å². The molecule has 0 saturated carbocycles. The summed E-state index contributed by atoms with van der Waals surface area (Å²) in [4.78, 5) is 33.6. The first kappa shape index (κ1) is 17.1. The molecule has 1 aliphatic heterocycles. The van der Waals surface area contributed by atoms with Crippen LogP contribution in [-0.2, 0) is 0 Å². The minimum atomic E-state index is -0.0645. The van der Waals surface area contributed by atoms with Gasteiger partial charge in [0.05, 0.1) is 6.61 Å². The van der Waals surface area contributed by atoms with Gasteiger partial charge < -0.3 is 14.5 Å². The van der Waals surface area contributed by atoms with Gasteiger partial charge in [0.1, 0.15) is 11.5 Å². The van der Waals surface area contributed by atoms with E-state index in [9.17, 15) is 4.79 Å². The Morgan fingerprint density at radius 1 is 1.16 bits per heavy atom. The molecule has 0 bridgehead atoms. The van der Waals surface area contributed by atoms with E-state index in [1.807, 2.05) is 19.9 Å². The van der Waals surface area contributed by atoms with Crippen molar-refractivity contribution < 1.29 is 9.53 Å². The van der Waals surface area contributed by atoms with Crippen LogP contribution >= 0.6 is 0 Å². The maximum atomic E-state index is 12.6. The first-order valence-corrected chi connectivity index (χ1v) is 8.39. The Balaban J connectivity index is 1.66. The molecule has 0 aliphatic carbocycles. The van der Waals surface area contributed by atoms with Crippen LogP contribution in [0.5, 0.6) is 5.88 Å². The smallest absolute Gasteiger partial charge is 0.272 e. The molecule has 0 unspecified atom stereocenters. The molecule has 8 nitrogen and oxygen atoms in total. The van der Waals surface area contributed by atoms with Gasteiger partial charge in [0.15, 0.2) is 0 Å². The molecule has 8 heteroatoms. The second kappa shape index (κ2) is 7.42. The summed E-state index contributed by atoms with van der Waals surface area (Å²) in [5.41, 5.74) is 1.30. The molecular weight excluding hydrogens is 320 g/mol. The second-order valence-electron chi connectivity index (χ2n) is 5.85. The number of amides is 1. The van der Waals surface area contributed by atoms with Crippen LogP contribution in [0.3, 0.4) is 0 Å². The van der Waals surface area contributed by atoms with E-state index in [4.69, 9.17) is 4.74 Å². The molecule has 2 aromatic heterocycles. The van der Waals surface area contributed by atoms with Gasteiger partial charge in [0, 0.05) is 44.1 Å². The summed E-state index contributed by atoms with van der Waals surface area (Å²) < 4.78 is 5.49. The molecule has 1 aliphatic rings. The summed E-state index contributed by atoms with van der Waals surface area (Å²) in [7, 11) is 0. The zero-order chi connectivity index (χ0) is 17.8. The standard InChI is InChI=1S/C17H22N6O2/c1-4-25-15-11-12(2)19-17(21-15)23-9-7-22(8-10-23)16(24)14-5-6-18-13(3)20-14/h5-6,11H,4,7-10H2,1-3H3. The lowest BCUT2D eigenvalue weighted by atomic mass is 10.2. The van der Waals surface area contributed by atoms with Gasteiger partial charge in [0.2, 0.25) is 11.8 Å². The third kappa shape index (κ3) is 4.01. The van der Waals surface area contributed by atoms with Crippen molar-refractivity contribution in [3.05, 3.63) is 35.5 Å². The van der Waals surface area contributed by atoms with Crippen LogP contribution in [0.25, 0.3) is 0 Å². The molecule has 1 amide bonds. The van der Waals surface area contributed by atoms with Gasteiger partial charge in [-0.2, -0.15) is 4.98 Å². The number of carbonyl (C=O) groups is 1. The molecule has 25 heavy (non-hydrogen) atoms.